The second-order valence-electron chi connectivity index (χ2n) is 5.53. The zero-order valence-corrected chi connectivity index (χ0v) is 12.7. The van der Waals surface area contributed by atoms with E-state index in [0.29, 0.717) is 19.5 Å². The first-order chi connectivity index (χ1) is 9.45. The molecule has 1 aliphatic rings. The Labute approximate surface area is 121 Å². The van der Waals surface area contributed by atoms with E-state index in [1.807, 2.05) is 6.92 Å². The van der Waals surface area contributed by atoms with E-state index >= 15 is 0 Å². The van der Waals surface area contributed by atoms with Gasteiger partial charge in [0.15, 0.2) is 0 Å². The molecule has 2 atom stereocenters. The molecule has 0 bridgehead atoms. The highest BCUT2D eigenvalue weighted by atomic mass is 16.3. The monoisotopic (exact) mass is 282 g/mol. The fourth-order valence-corrected chi connectivity index (χ4v) is 2.51. The molecule has 1 fully saturated rings. The number of nitriles is 1. The van der Waals surface area contributed by atoms with E-state index in [4.69, 9.17) is 5.26 Å². The van der Waals surface area contributed by atoms with Gasteiger partial charge in [-0.25, -0.2) is 0 Å². The number of aliphatic hydroxyl groups excluding tert-OH is 1. The Morgan fingerprint density at radius 2 is 1.95 bits per heavy atom. The van der Waals surface area contributed by atoms with Crippen molar-refractivity contribution in [3.63, 3.8) is 0 Å². The second kappa shape index (κ2) is 8.20. The lowest BCUT2D eigenvalue weighted by molar-refractivity contribution is -0.135. The molecule has 0 aromatic heterocycles. The van der Waals surface area contributed by atoms with Gasteiger partial charge in [-0.1, -0.05) is 0 Å². The number of aliphatic hydroxyl groups is 1. The number of hydrogen-bond donors (Lipinski definition) is 1. The Kier molecular flexibility index (Phi) is 6.93. The van der Waals surface area contributed by atoms with Gasteiger partial charge >= 0.3 is 0 Å². The number of carbonyl (C=O) groups is 1. The summed E-state index contributed by atoms with van der Waals surface area (Å²) in [6, 6.07) is 1.91. The quantitative estimate of drug-likeness (QED) is 0.727. The summed E-state index contributed by atoms with van der Waals surface area (Å²) in [7, 11) is 1.75. The average molecular weight is 282 g/mol. The van der Waals surface area contributed by atoms with E-state index in [-0.39, 0.29) is 18.1 Å². The number of β-amino-alcohol motifs (C(OH)–C–C–N with tert-alkyl or cyclic N) is 1. The lowest BCUT2D eigenvalue weighted by Crippen LogP contribution is -2.54. The van der Waals surface area contributed by atoms with E-state index in [1.54, 1.807) is 18.9 Å². The van der Waals surface area contributed by atoms with Crippen LogP contribution in [0.3, 0.4) is 0 Å². The Morgan fingerprint density at radius 1 is 1.35 bits per heavy atom. The minimum Gasteiger partial charge on any atom is -0.392 e. The maximum Gasteiger partial charge on any atom is 0.239 e. The predicted molar refractivity (Wildman–Crippen MR) is 77.0 cm³/mol. The van der Waals surface area contributed by atoms with Crippen LogP contribution in [-0.2, 0) is 4.79 Å². The summed E-state index contributed by atoms with van der Waals surface area (Å²) in [5.41, 5.74) is 0. The largest absolute Gasteiger partial charge is 0.392 e. The van der Waals surface area contributed by atoms with Crippen LogP contribution in [0.15, 0.2) is 0 Å². The van der Waals surface area contributed by atoms with Gasteiger partial charge in [0, 0.05) is 46.3 Å². The normalized spacial score (nSPS) is 20.1. The molecule has 6 heteroatoms. The number of hydrogen-bond acceptors (Lipinski definition) is 5. The average Bonchev–Trinajstić information content (AvgIpc) is 2.43. The number of piperazine rings is 1. The van der Waals surface area contributed by atoms with Gasteiger partial charge in [-0.2, -0.15) is 5.26 Å². The molecular formula is C14H26N4O2. The standard InChI is InChI=1S/C14H26N4O2/c1-12(19)11-17-7-9-18(10-8-17)13(2)14(20)16(3)6-4-5-15/h12-13,19H,4,6-11H2,1-3H3/t12-,13-/m0/s1. The predicted octanol–water partition coefficient (Wildman–Crippen LogP) is -0.255. The van der Waals surface area contributed by atoms with Crippen LogP contribution in [0.25, 0.3) is 0 Å². The van der Waals surface area contributed by atoms with E-state index < -0.39 is 0 Å². The molecule has 1 heterocycles. The van der Waals surface area contributed by atoms with Crippen molar-refractivity contribution < 1.29 is 9.90 Å². The second-order valence-corrected chi connectivity index (χ2v) is 5.53. The van der Waals surface area contributed by atoms with Gasteiger partial charge in [0.25, 0.3) is 0 Å². The highest BCUT2D eigenvalue weighted by molar-refractivity contribution is 5.81. The van der Waals surface area contributed by atoms with Crippen LogP contribution in [0.2, 0.25) is 0 Å². The third-order valence-electron chi connectivity index (χ3n) is 3.77. The third-order valence-corrected chi connectivity index (χ3v) is 3.77. The first-order valence-electron chi connectivity index (χ1n) is 7.22. The van der Waals surface area contributed by atoms with E-state index in [0.717, 1.165) is 26.2 Å². The van der Waals surface area contributed by atoms with Gasteiger partial charge in [0.2, 0.25) is 5.91 Å². The molecule has 1 rings (SSSR count). The third kappa shape index (κ3) is 5.08. The van der Waals surface area contributed by atoms with Crippen molar-refractivity contribution in [1.29, 1.82) is 5.26 Å². The summed E-state index contributed by atoms with van der Waals surface area (Å²) in [4.78, 5) is 18.3. The molecule has 0 aromatic carbocycles. The van der Waals surface area contributed by atoms with Gasteiger partial charge in [-0.3, -0.25) is 14.6 Å². The Bertz CT molecular complexity index is 346. The molecular weight excluding hydrogens is 256 g/mol. The fourth-order valence-electron chi connectivity index (χ4n) is 2.51. The minimum absolute atomic E-state index is 0.0734. The summed E-state index contributed by atoms with van der Waals surface area (Å²) in [5.74, 6) is 0.0734. The zero-order chi connectivity index (χ0) is 15.1. The molecule has 0 aliphatic carbocycles. The lowest BCUT2D eigenvalue weighted by Gasteiger charge is -2.38. The van der Waals surface area contributed by atoms with E-state index in [1.165, 1.54) is 0 Å². The molecule has 6 nitrogen and oxygen atoms in total. The first-order valence-corrected chi connectivity index (χ1v) is 7.22. The first kappa shape index (κ1) is 16.9. The van der Waals surface area contributed by atoms with E-state index in [2.05, 4.69) is 15.9 Å². The van der Waals surface area contributed by atoms with Gasteiger partial charge in [-0.15, -0.1) is 0 Å². The van der Waals surface area contributed by atoms with Crippen molar-refractivity contribution in [1.82, 2.24) is 14.7 Å². The van der Waals surface area contributed by atoms with Crippen molar-refractivity contribution >= 4 is 5.91 Å². The summed E-state index contributed by atoms with van der Waals surface area (Å²) < 4.78 is 0. The van der Waals surface area contributed by atoms with Crippen molar-refractivity contribution in [3.8, 4) is 6.07 Å². The molecule has 1 N–H and O–H groups in total. The van der Waals surface area contributed by atoms with Crippen LogP contribution >= 0.6 is 0 Å². The van der Waals surface area contributed by atoms with Crippen molar-refractivity contribution in [3.05, 3.63) is 0 Å². The van der Waals surface area contributed by atoms with Gasteiger partial charge < -0.3 is 10.0 Å². The van der Waals surface area contributed by atoms with Gasteiger partial charge in [0.05, 0.1) is 24.6 Å². The zero-order valence-electron chi connectivity index (χ0n) is 12.7. The molecule has 1 saturated heterocycles. The number of nitrogens with zero attached hydrogens (tertiary/aromatic N) is 4. The lowest BCUT2D eigenvalue weighted by atomic mass is 10.2. The maximum atomic E-state index is 12.2. The molecule has 114 valence electrons. The van der Waals surface area contributed by atoms with Crippen LogP contribution in [0, 0.1) is 11.3 Å². The van der Waals surface area contributed by atoms with Crippen LogP contribution in [0.5, 0.6) is 0 Å². The molecule has 0 spiro atoms. The highest BCUT2D eigenvalue weighted by Crippen LogP contribution is 2.09. The van der Waals surface area contributed by atoms with Crippen molar-refractivity contribution in [2.45, 2.75) is 32.4 Å². The number of rotatable bonds is 6. The van der Waals surface area contributed by atoms with Crippen LogP contribution in [0.4, 0.5) is 0 Å². The summed E-state index contributed by atoms with van der Waals surface area (Å²) in [5, 5.41) is 17.9. The number of carbonyl (C=O) groups excluding carboxylic acids is 1. The maximum absolute atomic E-state index is 12.2. The summed E-state index contributed by atoms with van der Waals surface area (Å²) in [6.45, 7) is 8.34. The van der Waals surface area contributed by atoms with Crippen LogP contribution in [-0.4, -0.2) is 84.2 Å². The molecule has 0 aromatic rings. The summed E-state index contributed by atoms with van der Waals surface area (Å²) in [6.07, 6.45) is 0.0645. The van der Waals surface area contributed by atoms with Gasteiger partial charge in [0.1, 0.15) is 0 Å². The fraction of sp³-hybridized carbons (Fsp3) is 0.857. The molecule has 20 heavy (non-hydrogen) atoms. The van der Waals surface area contributed by atoms with Crippen molar-refractivity contribution in [2.75, 3.05) is 46.3 Å². The molecule has 0 radical (unpaired) electrons. The minimum atomic E-state index is -0.308. The van der Waals surface area contributed by atoms with E-state index in [9.17, 15) is 9.90 Å². The van der Waals surface area contributed by atoms with Crippen LogP contribution < -0.4 is 0 Å². The molecule has 0 saturated carbocycles. The topological polar surface area (TPSA) is 70.8 Å². The number of likely N-dealkylation sites (N-methyl/N-ethyl adjacent to an activating group) is 1. The summed E-state index contributed by atoms with van der Waals surface area (Å²) >= 11 is 0. The Morgan fingerprint density at radius 3 is 2.45 bits per heavy atom. The van der Waals surface area contributed by atoms with Gasteiger partial charge in [-0.05, 0) is 13.8 Å². The highest BCUT2D eigenvalue weighted by Gasteiger charge is 2.27. The Balaban J connectivity index is 2.40. The molecule has 0 unspecified atom stereocenters. The molecule has 1 aliphatic heterocycles. The van der Waals surface area contributed by atoms with Crippen molar-refractivity contribution in [2.24, 2.45) is 0 Å². The smallest absolute Gasteiger partial charge is 0.239 e. The SMILES string of the molecule is C[C@H](O)CN1CCN([C@@H](C)C(=O)N(C)CCC#N)CC1. The number of amides is 1. The Hall–Kier alpha value is -1.16. The molecule has 1 amide bonds. The van der Waals surface area contributed by atoms with Crippen LogP contribution in [0.1, 0.15) is 20.3 Å².